The van der Waals surface area contributed by atoms with Crippen LogP contribution in [0.5, 0.6) is 5.75 Å². The number of rotatable bonds is 5. The third kappa shape index (κ3) is 6.01. The smallest absolute Gasteiger partial charge is 0.145 e. The zero-order chi connectivity index (χ0) is 18.7. The first-order valence-electron chi connectivity index (χ1n) is 9.65. The van der Waals surface area contributed by atoms with Crippen LogP contribution in [0.15, 0.2) is 24.5 Å². The summed E-state index contributed by atoms with van der Waals surface area (Å²) >= 11 is 0. The minimum Gasteiger partial charge on any atom is -0.490 e. The lowest BCUT2D eigenvalue weighted by molar-refractivity contribution is 0.0323. The molecule has 5 heteroatoms. The molecule has 5 nitrogen and oxygen atoms in total. The van der Waals surface area contributed by atoms with E-state index in [-0.39, 0.29) is 0 Å². The van der Waals surface area contributed by atoms with Gasteiger partial charge in [0.15, 0.2) is 0 Å². The second-order valence-corrected chi connectivity index (χ2v) is 5.72. The predicted octanol–water partition coefficient (Wildman–Crippen LogP) is 4.22. The van der Waals surface area contributed by atoms with Crippen LogP contribution >= 0.6 is 0 Å². The number of nitrogens with zero attached hydrogens (tertiary/aromatic N) is 3. The van der Waals surface area contributed by atoms with Crippen molar-refractivity contribution in [3.05, 3.63) is 30.1 Å². The highest BCUT2D eigenvalue weighted by molar-refractivity contribution is 5.65. The van der Waals surface area contributed by atoms with Crippen molar-refractivity contribution >= 4 is 5.52 Å². The highest BCUT2D eigenvalue weighted by Crippen LogP contribution is 2.28. The Morgan fingerprint density at radius 2 is 1.84 bits per heavy atom. The summed E-state index contributed by atoms with van der Waals surface area (Å²) < 4.78 is 13.3. The van der Waals surface area contributed by atoms with Crippen LogP contribution < -0.4 is 4.74 Å². The third-order valence-electron chi connectivity index (χ3n) is 3.92. The molecule has 1 aliphatic heterocycles. The van der Waals surface area contributed by atoms with E-state index >= 15 is 0 Å². The molecule has 3 heterocycles. The van der Waals surface area contributed by atoms with Gasteiger partial charge in [0.1, 0.15) is 17.9 Å². The normalized spacial score (nSPS) is 14.5. The molecule has 0 unspecified atom stereocenters. The molecule has 1 fully saturated rings. The molecule has 0 atom stereocenters. The number of hydrogen-bond donors (Lipinski definition) is 0. The van der Waals surface area contributed by atoms with Crippen LogP contribution in [0.25, 0.3) is 5.52 Å². The number of hydrogen-bond acceptors (Lipinski definition) is 4. The van der Waals surface area contributed by atoms with Crippen molar-refractivity contribution in [2.45, 2.75) is 47.5 Å². The van der Waals surface area contributed by atoms with E-state index in [1.165, 1.54) is 5.56 Å². The minimum absolute atomic E-state index is 0.437. The Bertz CT molecular complexity index is 590. The number of ether oxygens (including phenoxy) is 2. The van der Waals surface area contributed by atoms with E-state index in [1.54, 1.807) is 0 Å². The molecule has 0 aliphatic carbocycles. The van der Waals surface area contributed by atoms with Crippen LogP contribution in [0.3, 0.4) is 0 Å². The van der Waals surface area contributed by atoms with Gasteiger partial charge >= 0.3 is 0 Å². The quantitative estimate of drug-likeness (QED) is 0.810. The standard InChI is InChI=1S/C16H23N3O2.2C2H6/c1-13(2)14-12-17-19-5-3-4-15(16(14)19)21-11-8-18-6-9-20-10-7-18;2*1-2/h3-5,12-13H,6-11H2,1-2H3;2*1-2H3. The average Bonchev–Trinajstić information content (AvgIpc) is 3.11. The van der Waals surface area contributed by atoms with Crippen molar-refractivity contribution in [1.29, 1.82) is 0 Å². The van der Waals surface area contributed by atoms with Gasteiger partial charge in [-0.2, -0.15) is 5.10 Å². The van der Waals surface area contributed by atoms with Gasteiger partial charge in [-0.15, -0.1) is 0 Å². The maximum Gasteiger partial charge on any atom is 0.145 e. The van der Waals surface area contributed by atoms with Crippen molar-refractivity contribution in [3.8, 4) is 5.75 Å². The van der Waals surface area contributed by atoms with Crippen molar-refractivity contribution in [3.63, 3.8) is 0 Å². The molecular formula is C20H35N3O2. The topological polar surface area (TPSA) is 39.0 Å². The molecule has 2 aromatic rings. The maximum absolute atomic E-state index is 6.03. The Morgan fingerprint density at radius 3 is 2.48 bits per heavy atom. The van der Waals surface area contributed by atoms with Gasteiger partial charge in [0.25, 0.3) is 0 Å². The van der Waals surface area contributed by atoms with E-state index in [0.717, 1.165) is 44.1 Å². The molecule has 25 heavy (non-hydrogen) atoms. The summed E-state index contributed by atoms with van der Waals surface area (Å²) in [5.74, 6) is 1.36. The Balaban J connectivity index is 0.000000730. The summed E-state index contributed by atoms with van der Waals surface area (Å²) in [6.45, 7) is 17.7. The van der Waals surface area contributed by atoms with Crippen molar-refractivity contribution in [2.24, 2.45) is 0 Å². The van der Waals surface area contributed by atoms with Crippen LogP contribution in [0.1, 0.15) is 53.0 Å². The Kier molecular flexibility index (Phi) is 10.2. The van der Waals surface area contributed by atoms with Crippen LogP contribution in [0.2, 0.25) is 0 Å². The molecule has 1 aliphatic rings. The largest absolute Gasteiger partial charge is 0.490 e. The van der Waals surface area contributed by atoms with Gasteiger partial charge in [-0.1, -0.05) is 41.5 Å². The van der Waals surface area contributed by atoms with Crippen LogP contribution in [-0.4, -0.2) is 54.0 Å². The van der Waals surface area contributed by atoms with Gasteiger partial charge in [0.05, 0.1) is 19.4 Å². The highest BCUT2D eigenvalue weighted by atomic mass is 16.5. The Labute approximate surface area is 152 Å². The van der Waals surface area contributed by atoms with E-state index in [0.29, 0.717) is 12.5 Å². The summed E-state index contributed by atoms with van der Waals surface area (Å²) in [4.78, 5) is 2.38. The first-order chi connectivity index (χ1) is 12.3. The van der Waals surface area contributed by atoms with Crippen molar-refractivity contribution < 1.29 is 9.47 Å². The number of aromatic nitrogens is 2. The van der Waals surface area contributed by atoms with Crippen LogP contribution in [0, 0.1) is 0 Å². The van der Waals surface area contributed by atoms with E-state index in [9.17, 15) is 0 Å². The third-order valence-corrected chi connectivity index (χ3v) is 3.92. The lowest BCUT2D eigenvalue weighted by atomic mass is 10.1. The minimum atomic E-state index is 0.437. The van der Waals surface area contributed by atoms with Gasteiger partial charge in [-0.25, -0.2) is 4.52 Å². The lowest BCUT2D eigenvalue weighted by Crippen LogP contribution is -2.38. The molecule has 0 radical (unpaired) electrons. The van der Waals surface area contributed by atoms with Gasteiger partial charge < -0.3 is 9.47 Å². The molecule has 0 amide bonds. The van der Waals surface area contributed by atoms with E-state index in [4.69, 9.17) is 9.47 Å². The zero-order valence-corrected chi connectivity index (χ0v) is 16.8. The molecule has 0 bridgehead atoms. The Hall–Kier alpha value is -1.59. The average molecular weight is 350 g/mol. The SMILES string of the molecule is CC.CC.CC(C)c1cnn2cccc(OCCN3CCOCC3)c12. The molecular weight excluding hydrogens is 314 g/mol. The van der Waals surface area contributed by atoms with Crippen molar-refractivity contribution in [2.75, 3.05) is 39.5 Å². The first kappa shape index (κ1) is 21.5. The molecule has 3 rings (SSSR count). The van der Waals surface area contributed by atoms with E-state index in [1.807, 2.05) is 56.7 Å². The fourth-order valence-corrected chi connectivity index (χ4v) is 2.68. The fourth-order valence-electron chi connectivity index (χ4n) is 2.68. The second-order valence-electron chi connectivity index (χ2n) is 5.72. The summed E-state index contributed by atoms with van der Waals surface area (Å²) in [5.41, 5.74) is 2.33. The maximum atomic E-state index is 6.03. The first-order valence-corrected chi connectivity index (χ1v) is 9.65. The number of fused-ring (bicyclic) bond motifs is 1. The molecule has 0 spiro atoms. The summed E-state index contributed by atoms with van der Waals surface area (Å²) in [7, 11) is 0. The second kappa shape index (κ2) is 11.9. The molecule has 142 valence electrons. The number of morpholine rings is 1. The monoisotopic (exact) mass is 349 g/mol. The zero-order valence-electron chi connectivity index (χ0n) is 16.8. The lowest BCUT2D eigenvalue weighted by Gasteiger charge is -2.26. The van der Waals surface area contributed by atoms with Gasteiger partial charge in [-0.05, 0) is 18.1 Å². The molecule has 2 aromatic heterocycles. The molecule has 0 aromatic carbocycles. The van der Waals surface area contributed by atoms with Gasteiger partial charge in [0, 0.05) is 31.4 Å². The molecule has 1 saturated heterocycles. The summed E-state index contributed by atoms with van der Waals surface area (Å²) in [5, 5.41) is 4.41. The van der Waals surface area contributed by atoms with Gasteiger partial charge in [-0.3, -0.25) is 4.90 Å². The predicted molar refractivity (Wildman–Crippen MR) is 105 cm³/mol. The van der Waals surface area contributed by atoms with E-state index in [2.05, 4.69) is 23.8 Å². The van der Waals surface area contributed by atoms with Crippen molar-refractivity contribution in [1.82, 2.24) is 14.5 Å². The molecule has 0 saturated carbocycles. The number of pyridine rings is 1. The summed E-state index contributed by atoms with van der Waals surface area (Å²) in [6, 6.07) is 4.01. The fraction of sp³-hybridized carbons (Fsp3) is 0.650. The van der Waals surface area contributed by atoms with Crippen LogP contribution in [0.4, 0.5) is 0 Å². The van der Waals surface area contributed by atoms with E-state index < -0.39 is 0 Å². The highest BCUT2D eigenvalue weighted by Gasteiger charge is 2.14. The molecule has 0 N–H and O–H groups in total. The Morgan fingerprint density at radius 1 is 1.16 bits per heavy atom. The van der Waals surface area contributed by atoms with Crippen LogP contribution in [-0.2, 0) is 4.74 Å². The summed E-state index contributed by atoms with van der Waals surface area (Å²) in [6.07, 6.45) is 3.91. The van der Waals surface area contributed by atoms with Gasteiger partial charge in [0.2, 0.25) is 0 Å².